The molecule has 1 amide bonds. The number of benzene rings is 1. The first-order valence-corrected chi connectivity index (χ1v) is 7.46. The zero-order valence-electron chi connectivity index (χ0n) is 12.7. The van der Waals surface area contributed by atoms with E-state index in [-0.39, 0.29) is 18.3 Å². The lowest BCUT2D eigenvalue weighted by atomic mass is 10.1. The van der Waals surface area contributed by atoms with Gasteiger partial charge in [-0.3, -0.25) is 9.69 Å². The van der Waals surface area contributed by atoms with Crippen LogP contribution in [0.4, 0.5) is 0 Å². The number of halogens is 1. The molecule has 1 saturated heterocycles. The van der Waals surface area contributed by atoms with E-state index in [2.05, 4.69) is 36.1 Å². The highest BCUT2D eigenvalue weighted by Crippen LogP contribution is 2.15. The number of nitrogens with two attached hydrogens (primary N) is 1. The molecule has 2 rings (SSSR count). The van der Waals surface area contributed by atoms with Crippen LogP contribution in [0, 0.1) is 0 Å². The minimum absolute atomic E-state index is 0. The second-order valence-corrected chi connectivity index (χ2v) is 5.51. The highest BCUT2D eigenvalue weighted by Gasteiger charge is 2.23. The van der Waals surface area contributed by atoms with Gasteiger partial charge in [0, 0.05) is 45.2 Å². The van der Waals surface area contributed by atoms with Crippen LogP contribution in [0.2, 0.25) is 0 Å². The lowest BCUT2D eigenvalue weighted by molar-refractivity contribution is -0.130. The van der Waals surface area contributed by atoms with Crippen molar-refractivity contribution in [1.82, 2.24) is 9.80 Å². The first-order chi connectivity index (χ1) is 9.70. The van der Waals surface area contributed by atoms with E-state index in [1.807, 2.05) is 11.0 Å². The molecule has 1 atom stereocenters. The SMILES string of the molecule is CC1CCN(C(=O)CCN)CCN1Cc1ccccc1.Cl. The Morgan fingerprint density at radius 2 is 1.95 bits per heavy atom. The van der Waals surface area contributed by atoms with Gasteiger partial charge in [0.15, 0.2) is 0 Å². The van der Waals surface area contributed by atoms with E-state index in [9.17, 15) is 4.79 Å². The molecule has 2 N–H and O–H groups in total. The third-order valence-corrected chi connectivity index (χ3v) is 4.04. The zero-order chi connectivity index (χ0) is 14.4. The molecule has 4 nitrogen and oxygen atoms in total. The Bertz CT molecular complexity index is 427. The molecule has 0 radical (unpaired) electrons. The van der Waals surface area contributed by atoms with Crippen LogP contribution in [0.5, 0.6) is 0 Å². The first-order valence-electron chi connectivity index (χ1n) is 7.46. The van der Waals surface area contributed by atoms with Gasteiger partial charge in [-0.25, -0.2) is 0 Å². The molecule has 1 fully saturated rings. The van der Waals surface area contributed by atoms with Gasteiger partial charge in [0.05, 0.1) is 0 Å². The van der Waals surface area contributed by atoms with Crippen LogP contribution in [0.1, 0.15) is 25.3 Å². The minimum atomic E-state index is 0. The molecule has 0 aliphatic carbocycles. The average Bonchev–Trinajstić information content (AvgIpc) is 2.63. The molecule has 1 unspecified atom stereocenters. The number of hydrogen-bond acceptors (Lipinski definition) is 3. The predicted octanol–water partition coefficient (Wildman–Crippen LogP) is 1.88. The maximum absolute atomic E-state index is 11.9. The summed E-state index contributed by atoms with van der Waals surface area (Å²) in [7, 11) is 0. The van der Waals surface area contributed by atoms with Gasteiger partial charge in [0.2, 0.25) is 5.91 Å². The van der Waals surface area contributed by atoms with Crippen molar-refractivity contribution in [2.24, 2.45) is 5.73 Å². The molecule has 0 saturated carbocycles. The van der Waals surface area contributed by atoms with Crippen molar-refractivity contribution in [2.45, 2.75) is 32.4 Å². The van der Waals surface area contributed by atoms with E-state index in [0.717, 1.165) is 32.6 Å². The number of carbonyl (C=O) groups is 1. The van der Waals surface area contributed by atoms with E-state index in [0.29, 0.717) is 19.0 Å². The van der Waals surface area contributed by atoms with Crippen molar-refractivity contribution >= 4 is 18.3 Å². The summed E-state index contributed by atoms with van der Waals surface area (Å²) in [6.07, 6.45) is 1.50. The van der Waals surface area contributed by atoms with Gasteiger partial charge in [-0.15, -0.1) is 12.4 Å². The van der Waals surface area contributed by atoms with Gasteiger partial charge in [-0.2, -0.15) is 0 Å². The van der Waals surface area contributed by atoms with Crippen molar-refractivity contribution in [3.63, 3.8) is 0 Å². The number of amides is 1. The summed E-state index contributed by atoms with van der Waals surface area (Å²) in [6.45, 7) is 6.26. The second kappa shape index (κ2) is 9.03. The van der Waals surface area contributed by atoms with Gasteiger partial charge < -0.3 is 10.6 Å². The topological polar surface area (TPSA) is 49.6 Å². The van der Waals surface area contributed by atoms with Crippen LogP contribution in [-0.2, 0) is 11.3 Å². The molecule has 21 heavy (non-hydrogen) atoms. The predicted molar refractivity (Wildman–Crippen MR) is 88.4 cm³/mol. The monoisotopic (exact) mass is 311 g/mol. The molecule has 1 heterocycles. The van der Waals surface area contributed by atoms with Crippen LogP contribution < -0.4 is 5.73 Å². The van der Waals surface area contributed by atoms with Gasteiger partial charge in [-0.05, 0) is 18.9 Å². The molecule has 1 aromatic carbocycles. The molecule has 0 spiro atoms. The third-order valence-electron chi connectivity index (χ3n) is 4.04. The Kier molecular flexibility index (Phi) is 7.72. The van der Waals surface area contributed by atoms with Crippen molar-refractivity contribution in [3.8, 4) is 0 Å². The Morgan fingerprint density at radius 3 is 2.62 bits per heavy atom. The minimum Gasteiger partial charge on any atom is -0.341 e. The Hall–Kier alpha value is -1.10. The summed E-state index contributed by atoms with van der Waals surface area (Å²) in [5.74, 6) is 0.196. The summed E-state index contributed by atoms with van der Waals surface area (Å²) in [5, 5.41) is 0. The van der Waals surface area contributed by atoms with Crippen LogP contribution in [0.25, 0.3) is 0 Å². The van der Waals surface area contributed by atoms with Crippen LogP contribution in [0.3, 0.4) is 0 Å². The van der Waals surface area contributed by atoms with E-state index in [1.165, 1.54) is 5.56 Å². The van der Waals surface area contributed by atoms with E-state index in [1.54, 1.807) is 0 Å². The average molecular weight is 312 g/mol. The number of nitrogens with zero attached hydrogens (tertiary/aromatic N) is 2. The van der Waals surface area contributed by atoms with Crippen molar-refractivity contribution < 1.29 is 4.79 Å². The highest BCUT2D eigenvalue weighted by atomic mass is 35.5. The van der Waals surface area contributed by atoms with Gasteiger partial charge >= 0.3 is 0 Å². The second-order valence-electron chi connectivity index (χ2n) is 5.51. The quantitative estimate of drug-likeness (QED) is 0.923. The fourth-order valence-electron chi connectivity index (χ4n) is 2.69. The van der Waals surface area contributed by atoms with Gasteiger partial charge in [0.25, 0.3) is 0 Å². The van der Waals surface area contributed by atoms with Crippen molar-refractivity contribution in [2.75, 3.05) is 26.2 Å². The Morgan fingerprint density at radius 1 is 1.24 bits per heavy atom. The van der Waals surface area contributed by atoms with Gasteiger partial charge in [0.1, 0.15) is 0 Å². The summed E-state index contributed by atoms with van der Waals surface area (Å²) in [6, 6.07) is 11.0. The largest absolute Gasteiger partial charge is 0.341 e. The summed E-state index contributed by atoms with van der Waals surface area (Å²) >= 11 is 0. The van der Waals surface area contributed by atoms with E-state index in [4.69, 9.17) is 5.73 Å². The Labute approximate surface area is 133 Å². The van der Waals surface area contributed by atoms with Crippen LogP contribution >= 0.6 is 12.4 Å². The zero-order valence-corrected chi connectivity index (χ0v) is 13.5. The van der Waals surface area contributed by atoms with Crippen LogP contribution in [0.15, 0.2) is 30.3 Å². The molecule has 1 aliphatic heterocycles. The molecule has 1 aliphatic rings. The summed E-state index contributed by atoms with van der Waals surface area (Å²) in [5.41, 5.74) is 6.81. The van der Waals surface area contributed by atoms with E-state index < -0.39 is 0 Å². The highest BCUT2D eigenvalue weighted by molar-refractivity contribution is 5.85. The molecule has 0 bridgehead atoms. The van der Waals surface area contributed by atoms with Crippen LogP contribution in [-0.4, -0.2) is 47.9 Å². The normalized spacial score (nSPS) is 19.7. The van der Waals surface area contributed by atoms with Gasteiger partial charge in [-0.1, -0.05) is 30.3 Å². The number of carbonyl (C=O) groups excluding carboxylic acids is 1. The smallest absolute Gasteiger partial charge is 0.223 e. The fraction of sp³-hybridized carbons (Fsp3) is 0.562. The fourth-order valence-corrected chi connectivity index (χ4v) is 2.69. The van der Waals surface area contributed by atoms with Crippen molar-refractivity contribution in [1.29, 1.82) is 0 Å². The summed E-state index contributed by atoms with van der Waals surface area (Å²) in [4.78, 5) is 16.4. The number of hydrogen-bond donors (Lipinski definition) is 1. The molecular weight excluding hydrogens is 286 g/mol. The lowest BCUT2D eigenvalue weighted by Gasteiger charge is -2.26. The Balaban J connectivity index is 0.00000220. The molecule has 1 aromatic rings. The molecule has 118 valence electrons. The number of rotatable bonds is 4. The van der Waals surface area contributed by atoms with E-state index >= 15 is 0 Å². The molecule has 5 heteroatoms. The third kappa shape index (κ3) is 5.30. The maximum Gasteiger partial charge on any atom is 0.223 e. The maximum atomic E-state index is 11.9. The first kappa shape index (κ1) is 18.0. The summed E-state index contributed by atoms with van der Waals surface area (Å²) < 4.78 is 0. The molecule has 0 aromatic heterocycles. The molecular formula is C16H26ClN3O. The lowest BCUT2D eigenvalue weighted by Crippen LogP contribution is -2.36. The standard InChI is InChI=1S/C16H25N3O.ClH/c1-14-8-10-18(16(20)7-9-17)11-12-19(14)13-15-5-3-2-4-6-15;/h2-6,14H,7-13,17H2,1H3;1H. The van der Waals surface area contributed by atoms with Crippen molar-refractivity contribution in [3.05, 3.63) is 35.9 Å².